The maximum Gasteiger partial charge on any atom is 0.327 e. The summed E-state index contributed by atoms with van der Waals surface area (Å²) in [5.41, 5.74) is 1.18. The molecule has 2 saturated heterocycles. The molecule has 4 amide bonds. The summed E-state index contributed by atoms with van der Waals surface area (Å²) in [7, 11) is 3.18. The van der Waals surface area contributed by atoms with E-state index in [0.29, 0.717) is 37.4 Å². The van der Waals surface area contributed by atoms with Gasteiger partial charge in [-0.2, -0.15) is 0 Å². The number of fused-ring (bicyclic) bond motifs is 1. The van der Waals surface area contributed by atoms with Crippen molar-refractivity contribution in [1.82, 2.24) is 14.7 Å². The summed E-state index contributed by atoms with van der Waals surface area (Å²) in [5.74, 6) is -0.141. The zero-order valence-corrected chi connectivity index (χ0v) is 15.5. The lowest BCUT2D eigenvalue weighted by Crippen LogP contribution is -2.57. The molecule has 0 saturated carbocycles. The normalized spacial score (nSPS) is 24.3. The lowest BCUT2D eigenvalue weighted by Gasteiger charge is -2.41. The highest BCUT2D eigenvalue weighted by molar-refractivity contribution is 6.30. The average molecular weight is 377 g/mol. The van der Waals surface area contributed by atoms with Gasteiger partial charge in [-0.15, -0.1) is 0 Å². The Kier molecular flexibility index (Phi) is 3.87. The van der Waals surface area contributed by atoms with Crippen LogP contribution in [0.4, 0.5) is 10.5 Å². The van der Waals surface area contributed by atoms with Crippen molar-refractivity contribution >= 4 is 35.1 Å². The fourth-order valence-corrected chi connectivity index (χ4v) is 4.49. The van der Waals surface area contributed by atoms with Crippen molar-refractivity contribution in [3.05, 3.63) is 28.8 Å². The van der Waals surface area contributed by atoms with Crippen LogP contribution in [-0.4, -0.2) is 71.3 Å². The van der Waals surface area contributed by atoms with Crippen LogP contribution in [0.1, 0.15) is 18.4 Å². The van der Waals surface area contributed by atoms with Gasteiger partial charge in [-0.25, -0.2) is 4.79 Å². The summed E-state index contributed by atoms with van der Waals surface area (Å²) in [5, 5.41) is 3.92. The molecule has 2 fully saturated rings. The lowest BCUT2D eigenvalue weighted by molar-refractivity contribution is -0.140. The predicted molar refractivity (Wildman–Crippen MR) is 97.0 cm³/mol. The number of nitrogens with zero attached hydrogens (tertiary/aromatic N) is 3. The third-order valence-corrected chi connectivity index (χ3v) is 6.18. The van der Waals surface area contributed by atoms with Crippen LogP contribution in [0.2, 0.25) is 5.02 Å². The largest absolute Gasteiger partial charge is 0.373 e. The smallest absolute Gasteiger partial charge is 0.327 e. The number of likely N-dealkylation sites (tertiary alicyclic amines) is 1. The number of carbonyl (C=O) groups excluding carboxylic acids is 3. The van der Waals surface area contributed by atoms with Gasteiger partial charge in [0.25, 0.3) is 5.91 Å². The number of piperidine rings is 1. The van der Waals surface area contributed by atoms with Crippen molar-refractivity contribution < 1.29 is 14.4 Å². The Morgan fingerprint density at radius 2 is 1.92 bits per heavy atom. The van der Waals surface area contributed by atoms with Crippen molar-refractivity contribution in [2.45, 2.75) is 30.8 Å². The second-order valence-electron chi connectivity index (χ2n) is 7.27. The van der Waals surface area contributed by atoms with Gasteiger partial charge < -0.3 is 15.1 Å². The molecule has 1 N–H and O–H groups in total. The molecule has 8 heteroatoms. The van der Waals surface area contributed by atoms with Crippen LogP contribution >= 0.6 is 11.6 Å². The molecule has 0 unspecified atom stereocenters. The monoisotopic (exact) mass is 376 g/mol. The summed E-state index contributed by atoms with van der Waals surface area (Å²) in [4.78, 5) is 42.1. The van der Waals surface area contributed by atoms with E-state index in [1.165, 1.54) is 16.8 Å². The molecule has 138 valence electrons. The quantitative estimate of drug-likeness (QED) is 0.755. The zero-order valence-electron chi connectivity index (χ0n) is 14.8. The standard InChI is InChI=1S/C18H21ClN4O3/c1-21-16(25)18(22(2)17(21)26)5-7-23(8-6-18)15(24)14-10-11-9-12(19)3-4-13(11)20-14/h3-4,9,14,20H,5-8,10H2,1-2H3/t14-/m0/s1. The van der Waals surface area contributed by atoms with Gasteiger partial charge in [-0.1, -0.05) is 11.6 Å². The number of benzene rings is 1. The number of hydrogen-bond donors (Lipinski definition) is 1. The van der Waals surface area contributed by atoms with Crippen molar-refractivity contribution in [3.8, 4) is 0 Å². The molecule has 4 rings (SSSR count). The molecule has 3 aliphatic heterocycles. The minimum Gasteiger partial charge on any atom is -0.373 e. The van der Waals surface area contributed by atoms with Crippen molar-refractivity contribution in [2.24, 2.45) is 0 Å². The molecule has 1 aromatic carbocycles. The molecule has 26 heavy (non-hydrogen) atoms. The molecule has 0 aliphatic carbocycles. The molecular formula is C18H21ClN4O3. The van der Waals surface area contributed by atoms with Crippen LogP contribution in [-0.2, 0) is 16.0 Å². The van der Waals surface area contributed by atoms with Crippen LogP contribution in [0, 0.1) is 0 Å². The van der Waals surface area contributed by atoms with Crippen molar-refractivity contribution in [2.75, 3.05) is 32.5 Å². The van der Waals surface area contributed by atoms with E-state index < -0.39 is 5.54 Å². The van der Waals surface area contributed by atoms with Gasteiger partial charge in [-0.3, -0.25) is 14.5 Å². The summed E-state index contributed by atoms with van der Waals surface area (Å²) in [6.45, 7) is 0.927. The highest BCUT2D eigenvalue weighted by atomic mass is 35.5. The van der Waals surface area contributed by atoms with E-state index in [1.54, 1.807) is 18.0 Å². The topological polar surface area (TPSA) is 73.0 Å². The highest BCUT2D eigenvalue weighted by Crippen LogP contribution is 2.36. The maximum absolute atomic E-state index is 12.9. The zero-order chi connectivity index (χ0) is 18.6. The number of carbonyl (C=O) groups is 3. The lowest BCUT2D eigenvalue weighted by atomic mass is 9.86. The van der Waals surface area contributed by atoms with E-state index in [-0.39, 0.29) is 23.9 Å². The minimum atomic E-state index is -0.803. The van der Waals surface area contributed by atoms with Gasteiger partial charge in [0.15, 0.2) is 0 Å². The predicted octanol–water partition coefficient (Wildman–Crippen LogP) is 1.56. The van der Waals surface area contributed by atoms with Gasteiger partial charge in [-0.05, 0) is 36.6 Å². The Hall–Kier alpha value is -2.28. The van der Waals surface area contributed by atoms with Crippen LogP contribution in [0.5, 0.6) is 0 Å². The Morgan fingerprint density at radius 1 is 1.23 bits per heavy atom. The second-order valence-corrected chi connectivity index (χ2v) is 7.70. The van der Waals surface area contributed by atoms with E-state index in [0.717, 1.165) is 11.3 Å². The van der Waals surface area contributed by atoms with E-state index in [4.69, 9.17) is 11.6 Å². The number of rotatable bonds is 1. The summed E-state index contributed by atoms with van der Waals surface area (Å²) in [6, 6.07) is 5.00. The third-order valence-electron chi connectivity index (χ3n) is 5.94. The van der Waals surface area contributed by atoms with Gasteiger partial charge in [0.1, 0.15) is 11.6 Å². The number of amides is 4. The van der Waals surface area contributed by atoms with E-state index >= 15 is 0 Å². The molecule has 3 heterocycles. The molecular weight excluding hydrogens is 356 g/mol. The first-order valence-electron chi connectivity index (χ1n) is 8.73. The first-order valence-corrected chi connectivity index (χ1v) is 9.11. The maximum atomic E-state index is 12.9. The minimum absolute atomic E-state index is 0.0277. The first-order chi connectivity index (χ1) is 12.3. The number of halogens is 1. The summed E-state index contributed by atoms with van der Waals surface area (Å²) >= 11 is 6.03. The van der Waals surface area contributed by atoms with Crippen LogP contribution < -0.4 is 5.32 Å². The van der Waals surface area contributed by atoms with Gasteiger partial charge in [0, 0.05) is 44.3 Å². The number of imide groups is 1. The first kappa shape index (κ1) is 17.1. The van der Waals surface area contributed by atoms with Crippen LogP contribution in [0.15, 0.2) is 18.2 Å². The number of urea groups is 1. The molecule has 1 spiro atoms. The molecule has 1 atom stereocenters. The van der Waals surface area contributed by atoms with Gasteiger partial charge in [0.05, 0.1) is 0 Å². The van der Waals surface area contributed by atoms with Crippen molar-refractivity contribution in [1.29, 1.82) is 0 Å². The highest BCUT2D eigenvalue weighted by Gasteiger charge is 2.55. The molecule has 7 nitrogen and oxygen atoms in total. The van der Waals surface area contributed by atoms with Gasteiger partial charge >= 0.3 is 6.03 Å². The molecule has 0 bridgehead atoms. The van der Waals surface area contributed by atoms with Crippen LogP contribution in [0.3, 0.4) is 0 Å². The fraction of sp³-hybridized carbons (Fsp3) is 0.500. The second kappa shape index (κ2) is 5.87. The number of nitrogens with one attached hydrogen (secondary N) is 1. The Labute approximate surface area is 156 Å². The van der Waals surface area contributed by atoms with Crippen LogP contribution in [0.25, 0.3) is 0 Å². The number of likely N-dealkylation sites (N-methyl/N-ethyl adjacent to an activating group) is 2. The molecule has 0 radical (unpaired) electrons. The van der Waals surface area contributed by atoms with E-state index in [9.17, 15) is 14.4 Å². The SMILES string of the molecule is CN1C(=O)N(C)C2(CCN(C(=O)[C@@H]3Cc4cc(Cl)ccc4N3)CC2)C1=O. The van der Waals surface area contributed by atoms with E-state index in [2.05, 4.69) is 5.32 Å². The fourth-order valence-electron chi connectivity index (χ4n) is 4.30. The van der Waals surface area contributed by atoms with Gasteiger partial charge in [0.2, 0.25) is 5.91 Å². The Bertz CT molecular complexity index is 804. The summed E-state index contributed by atoms with van der Waals surface area (Å²) < 4.78 is 0. The third kappa shape index (κ3) is 2.37. The summed E-state index contributed by atoms with van der Waals surface area (Å²) in [6.07, 6.45) is 1.54. The number of anilines is 1. The van der Waals surface area contributed by atoms with Crippen molar-refractivity contribution in [3.63, 3.8) is 0 Å². The molecule has 0 aromatic heterocycles. The Balaban J connectivity index is 1.44. The Morgan fingerprint density at radius 3 is 2.54 bits per heavy atom. The average Bonchev–Trinajstić information content (AvgIpc) is 3.13. The molecule has 3 aliphatic rings. The molecule has 1 aromatic rings. The van der Waals surface area contributed by atoms with E-state index in [1.807, 2.05) is 12.1 Å². The number of hydrogen-bond acceptors (Lipinski definition) is 4.